The van der Waals surface area contributed by atoms with Gasteiger partial charge in [0.05, 0.1) is 0 Å². The van der Waals surface area contributed by atoms with E-state index in [0.717, 1.165) is 0 Å². The van der Waals surface area contributed by atoms with Crippen LogP contribution in [0.4, 0.5) is 0 Å². The second-order valence-electron chi connectivity index (χ2n) is 4.62. The van der Waals surface area contributed by atoms with Crippen LogP contribution in [-0.2, 0) is 13.3 Å². The van der Waals surface area contributed by atoms with Crippen LogP contribution in [0.15, 0.2) is 0 Å². The fourth-order valence-corrected chi connectivity index (χ4v) is 6.08. The number of hydrogen-bond donors (Lipinski definition) is 0. The summed E-state index contributed by atoms with van der Waals surface area (Å²) in [5, 5.41) is 0.134. The van der Waals surface area contributed by atoms with E-state index in [-0.39, 0.29) is 5.04 Å². The van der Waals surface area contributed by atoms with Gasteiger partial charge in [-0.3, -0.25) is 0 Å². The van der Waals surface area contributed by atoms with E-state index in [2.05, 4.69) is 6.92 Å². The van der Waals surface area contributed by atoms with Crippen LogP contribution in [0.1, 0.15) is 53.4 Å². The van der Waals surface area contributed by atoms with Gasteiger partial charge in [0.15, 0.2) is 0 Å². The Bertz CT molecular complexity index is 185. The summed E-state index contributed by atoms with van der Waals surface area (Å²) in [5.41, 5.74) is 0. The quantitative estimate of drug-likeness (QED) is 0.645. The van der Waals surface area contributed by atoms with Crippen molar-refractivity contribution in [3.63, 3.8) is 0 Å². The van der Waals surface area contributed by atoms with Crippen LogP contribution in [0.2, 0.25) is 5.04 Å². The van der Waals surface area contributed by atoms with E-state index in [1.54, 1.807) is 0 Å². The summed E-state index contributed by atoms with van der Waals surface area (Å²) < 4.78 is 18.0. The molecule has 16 heavy (non-hydrogen) atoms. The molecule has 0 aromatic rings. The van der Waals surface area contributed by atoms with Crippen LogP contribution < -0.4 is 0 Å². The van der Waals surface area contributed by atoms with Crippen LogP contribution in [0.5, 0.6) is 0 Å². The van der Waals surface area contributed by atoms with Gasteiger partial charge in [-0.2, -0.15) is 0 Å². The van der Waals surface area contributed by atoms with Gasteiger partial charge >= 0.3 is 8.80 Å². The minimum atomic E-state index is -2.49. The Morgan fingerprint density at radius 2 is 1.25 bits per heavy atom. The third-order valence-corrected chi connectivity index (χ3v) is 7.43. The normalized spacial score (nSPS) is 20.2. The lowest BCUT2D eigenvalue weighted by atomic mass is 10.1. The average molecular weight is 246 g/mol. The molecule has 96 valence electrons. The van der Waals surface area contributed by atoms with E-state index in [0.29, 0.717) is 19.8 Å². The molecule has 0 N–H and O–H groups in total. The van der Waals surface area contributed by atoms with Crippen molar-refractivity contribution in [1.82, 2.24) is 0 Å². The van der Waals surface area contributed by atoms with Gasteiger partial charge < -0.3 is 13.3 Å². The molecule has 0 heterocycles. The van der Waals surface area contributed by atoms with Crippen molar-refractivity contribution in [3.05, 3.63) is 0 Å². The Morgan fingerprint density at radius 1 is 0.875 bits per heavy atom. The van der Waals surface area contributed by atoms with Crippen LogP contribution in [0.3, 0.4) is 0 Å². The maximum Gasteiger partial charge on any atom is 0.507 e. The first-order valence-corrected chi connectivity index (χ1v) is 8.28. The Labute approximate surface area is 101 Å². The van der Waals surface area contributed by atoms with Crippen molar-refractivity contribution < 1.29 is 13.3 Å². The lowest BCUT2D eigenvalue weighted by Crippen LogP contribution is -2.54. The first kappa shape index (κ1) is 14.2. The Kier molecular flexibility index (Phi) is 5.44. The smallest absolute Gasteiger partial charge is 0.373 e. The molecule has 3 nitrogen and oxygen atoms in total. The topological polar surface area (TPSA) is 27.7 Å². The zero-order valence-electron chi connectivity index (χ0n) is 11.2. The van der Waals surface area contributed by atoms with Gasteiger partial charge in [0.1, 0.15) is 0 Å². The van der Waals surface area contributed by atoms with E-state index in [1.165, 1.54) is 25.7 Å². The molecule has 1 fully saturated rings. The molecule has 4 heteroatoms. The van der Waals surface area contributed by atoms with Crippen molar-refractivity contribution in [2.24, 2.45) is 0 Å². The predicted molar refractivity (Wildman–Crippen MR) is 67.5 cm³/mol. The molecule has 0 aromatic heterocycles. The van der Waals surface area contributed by atoms with Gasteiger partial charge in [0.2, 0.25) is 0 Å². The van der Waals surface area contributed by atoms with Gasteiger partial charge in [-0.1, -0.05) is 19.8 Å². The molecule has 1 aliphatic rings. The zero-order valence-corrected chi connectivity index (χ0v) is 12.2. The summed E-state index contributed by atoms with van der Waals surface area (Å²) >= 11 is 0. The summed E-state index contributed by atoms with van der Waals surface area (Å²) in [4.78, 5) is 0. The molecule has 1 aliphatic carbocycles. The maximum absolute atomic E-state index is 5.99. The summed E-state index contributed by atoms with van der Waals surface area (Å²) in [6, 6.07) is 0. The molecule has 0 spiro atoms. The summed E-state index contributed by atoms with van der Waals surface area (Å²) in [6.07, 6.45) is 4.91. The SMILES string of the molecule is CCO[Si](OCC)(OCC)C1(C)CCCC1. The molecule has 0 radical (unpaired) electrons. The highest BCUT2D eigenvalue weighted by atomic mass is 28.4. The minimum Gasteiger partial charge on any atom is -0.373 e. The molecule has 0 saturated heterocycles. The third kappa shape index (κ3) is 2.67. The lowest BCUT2D eigenvalue weighted by Gasteiger charge is -2.40. The van der Waals surface area contributed by atoms with E-state index in [1.807, 2.05) is 20.8 Å². The molecule has 0 aliphatic heterocycles. The van der Waals surface area contributed by atoms with Crippen molar-refractivity contribution in [1.29, 1.82) is 0 Å². The van der Waals surface area contributed by atoms with Gasteiger partial charge in [0.25, 0.3) is 0 Å². The standard InChI is InChI=1S/C12H26O3Si/c1-5-13-16(14-6-2,15-7-3)12(4)10-8-9-11-12/h5-11H2,1-4H3. The van der Waals surface area contributed by atoms with Crippen molar-refractivity contribution in [2.75, 3.05) is 19.8 Å². The zero-order chi connectivity index (χ0) is 12.1. The van der Waals surface area contributed by atoms with E-state index >= 15 is 0 Å². The van der Waals surface area contributed by atoms with Crippen molar-refractivity contribution in [3.8, 4) is 0 Å². The average Bonchev–Trinajstić information content (AvgIpc) is 2.68. The second-order valence-corrected chi connectivity index (χ2v) is 7.81. The Morgan fingerprint density at radius 3 is 1.56 bits per heavy atom. The highest BCUT2D eigenvalue weighted by Gasteiger charge is 2.58. The third-order valence-electron chi connectivity index (χ3n) is 3.45. The maximum atomic E-state index is 5.99. The number of hydrogen-bond acceptors (Lipinski definition) is 3. The minimum absolute atomic E-state index is 0.134. The van der Waals surface area contributed by atoms with Crippen molar-refractivity contribution >= 4 is 8.80 Å². The van der Waals surface area contributed by atoms with E-state index < -0.39 is 8.80 Å². The Balaban J connectivity index is 2.88. The molecule has 1 saturated carbocycles. The molecular weight excluding hydrogens is 220 g/mol. The van der Waals surface area contributed by atoms with Crippen LogP contribution in [-0.4, -0.2) is 28.6 Å². The fourth-order valence-electron chi connectivity index (χ4n) is 2.68. The van der Waals surface area contributed by atoms with Crippen LogP contribution in [0, 0.1) is 0 Å². The molecule has 0 amide bonds. The first-order chi connectivity index (χ1) is 7.64. The van der Waals surface area contributed by atoms with Gasteiger partial charge in [-0.05, 0) is 33.6 Å². The molecule has 0 bridgehead atoms. The van der Waals surface area contributed by atoms with Gasteiger partial charge in [-0.25, -0.2) is 0 Å². The van der Waals surface area contributed by atoms with E-state index in [9.17, 15) is 0 Å². The van der Waals surface area contributed by atoms with Gasteiger partial charge in [0, 0.05) is 24.9 Å². The summed E-state index contributed by atoms with van der Waals surface area (Å²) in [7, 11) is -2.49. The molecule has 0 unspecified atom stereocenters. The van der Waals surface area contributed by atoms with Crippen LogP contribution in [0.25, 0.3) is 0 Å². The Hall–Kier alpha value is 0.0969. The van der Waals surface area contributed by atoms with Gasteiger partial charge in [-0.15, -0.1) is 0 Å². The van der Waals surface area contributed by atoms with Crippen LogP contribution >= 0.6 is 0 Å². The van der Waals surface area contributed by atoms with Crippen molar-refractivity contribution in [2.45, 2.75) is 58.4 Å². The largest absolute Gasteiger partial charge is 0.507 e. The number of rotatable bonds is 7. The molecule has 1 rings (SSSR count). The summed E-state index contributed by atoms with van der Waals surface area (Å²) in [6.45, 7) is 10.4. The molecule has 0 atom stereocenters. The van der Waals surface area contributed by atoms with E-state index in [4.69, 9.17) is 13.3 Å². The monoisotopic (exact) mass is 246 g/mol. The predicted octanol–water partition coefficient (Wildman–Crippen LogP) is 3.37. The lowest BCUT2D eigenvalue weighted by molar-refractivity contribution is 0.0460. The highest BCUT2D eigenvalue weighted by molar-refractivity contribution is 6.64. The summed E-state index contributed by atoms with van der Waals surface area (Å²) in [5.74, 6) is 0. The molecule has 0 aromatic carbocycles. The second kappa shape index (κ2) is 6.14. The molecular formula is C12H26O3Si. The fraction of sp³-hybridized carbons (Fsp3) is 1.00. The highest BCUT2D eigenvalue weighted by Crippen LogP contribution is 2.52. The first-order valence-electron chi connectivity index (χ1n) is 6.56.